The van der Waals surface area contributed by atoms with Crippen molar-refractivity contribution in [2.75, 3.05) is 6.61 Å². The van der Waals surface area contributed by atoms with Crippen molar-refractivity contribution in [3.63, 3.8) is 0 Å². The van der Waals surface area contributed by atoms with Crippen molar-refractivity contribution < 1.29 is 24.3 Å². The van der Waals surface area contributed by atoms with E-state index in [2.05, 4.69) is 0 Å². The molecular weight excluding hydrogens is 250 g/mol. The number of carbonyl (C=O) groups is 2. The van der Waals surface area contributed by atoms with Crippen LogP contribution < -0.4 is 0 Å². The maximum Gasteiger partial charge on any atom is 0.311 e. The van der Waals surface area contributed by atoms with Crippen molar-refractivity contribution in [3.05, 3.63) is 0 Å². The van der Waals surface area contributed by atoms with Gasteiger partial charge >= 0.3 is 11.9 Å². The van der Waals surface area contributed by atoms with Gasteiger partial charge in [0.25, 0.3) is 0 Å². The van der Waals surface area contributed by atoms with Crippen LogP contribution in [0.3, 0.4) is 0 Å². The smallest absolute Gasteiger partial charge is 0.311 e. The molecule has 6 nitrogen and oxygen atoms in total. The summed E-state index contributed by atoms with van der Waals surface area (Å²) in [5.41, 5.74) is -1.17. The second-order valence-electron chi connectivity index (χ2n) is 6.48. The number of hydrogen-bond donors (Lipinski definition) is 1. The van der Waals surface area contributed by atoms with Crippen LogP contribution in [0.2, 0.25) is 0 Å². The first-order chi connectivity index (χ1) is 8.64. The van der Waals surface area contributed by atoms with E-state index in [-0.39, 0.29) is 25.0 Å². The fraction of sp³-hybridized carbons (Fsp3) is 0.846. The van der Waals surface area contributed by atoms with E-state index in [0.717, 1.165) is 0 Å². The minimum Gasteiger partial charge on any atom is -0.462 e. The average Bonchev–Trinajstić information content (AvgIpc) is 2.75. The lowest BCUT2D eigenvalue weighted by atomic mass is 9.87. The highest BCUT2D eigenvalue weighted by Crippen LogP contribution is 2.44. The molecule has 0 aromatic carbocycles. The van der Waals surface area contributed by atoms with Gasteiger partial charge in [-0.1, -0.05) is 0 Å². The zero-order valence-electron chi connectivity index (χ0n) is 11.8. The molecule has 0 aliphatic carbocycles. The van der Waals surface area contributed by atoms with Gasteiger partial charge in [-0.3, -0.25) is 9.59 Å². The molecule has 0 aromatic heterocycles. The van der Waals surface area contributed by atoms with E-state index < -0.39 is 23.1 Å². The number of ether oxygens (including phenoxy) is 2. The van der Waals surface area contributed by atoms with Crippen molar-refractivity contribution in [2.45, 2.75) is 57.7 Å². The molecule has 2 saturated heterocycles. The monoisotopic (exact) mass is 271 g/mol. The van der Waals surface area contributed by atoms with Crippen LogP contribution in [-0.2, 0) is 19.1 Å². The molecule has 108 valence electrons. The Balaban J connectivity index is 2.05. The molecule has 2 aliphatic heterocycles. The van der Waals surface area contributed by atoms with Crippen LogP contribution in [0, 0.1) is 5.92 Å². The summed E-state index contributed by atoms with van der Waals surface area (Å²) in [6.45, 7) is 7.51. The van der Waals surface area contributed by atoms with E-state index >= 15 is 0 Å². The molecule has 0 saturated carbocycles. The summed E-state index contributed by atoms with van der Waals surface area (Å²) >= 11 is 0. The molecule has 1 unspecified atom stereocenters. The standard InChI is InChI=1S/C13H21NO5/c1-12(2)6-9(13(3,4)14(12)17)11(16)19-8-5-10(15)18-7-8/h8-9,17H,5-7H2,1-4H3/t8-,9?/m1/s1. The minimum atomic E-state index is -0.690. The maximum atomic E-state index is 12.2. The second-order valence-corrected chi connectivity index (χ2v) is 6.48. The van der Waals surface area contributed by atoms with Crippen LogP contribution in [-0.4, -0.2) is 46.0 Å². The highest BCUT2D eigenvalue weighted by atomic mass is 16.6. The van der Waals surface area contributed by atoms with E-state index in [0.29, 0.717) is 6.42 Å². The van der Waals surface area contributed by atoms with E-state index in [1.165, 1.54) is 5.06 Å². The summed E-state index contributed by atoms with van der Waals surface area (Å²) < 4.78 is 10.1. The normalized spacial score (nSPS) is 33.2. The van der Waals surface area contributed by atoms with Gasteiger partial charge in [0.15, 0.2) is 0 Å². The Morgan fingerprint density at radius 2 is 2.05 bits per heavy atom. The van der Waals surface area contributed by atoms with Crippen molar-refractivity contribution in [1.82, 2.24) is 5.06 Å². The largest absolute Gasteiger partial charge is 0.462 e. The second kappa shape index (κ2) is 4.45. The van der Waals surface area contributed by atoms with Crippen molar-refractivity contribution in [3.8, 4) is 0 Å². The summed E-state index contributed by atoms with van der Waals surface area (Å²) in [4.78, 5) is 23.2. The maximum absolute atomic E-state index is 12.2. The quantitative estimate of drug-likeness (QED) is 0.758. The summed E-state index contributed by atoms with van der Waals surface area (Å²) in [6.07, 6.45) is 0.133. The zero-order chi connectivity index (χ0) is 14.4. The molecule has 1 N–H and O–H groups in total. The number of cyclic esters (lactones) is 1. The Kier molecular flexibility index (Phi) is 3.35. The number of hydrogen-bond acceptors (Lipinski definition) is 6. The third-order valence-corrected chi connectivity index (χ3v) is 4.07. The molecule has 2 rings (SSSR count). The van der Waals surface area contributed by atoms with Gasteiger partial charge in [-0.15, -0.1) is 0 Å². The molecule has 0 spiro atoms. The lowest BCUT2D eigenvalue weighted by Crippen LogP contribution is -2.48. The predicted octanol–water partition coefficient (Wildman–Crippen LogP) is 1.11. The molecule has 0 aromatic rings. The van der Waals surface area contributed by atoms with Gasteiger partial charge in [-0.2, -0.15) is 5.06 Å². The summed E-state index contributed by atoms with van der Waals surface area (Å²) in [7, 11) is 0. The van der Waals surface area contributed by atoms with Gasteiger partial charge < -0.3 is 14.7 Å². The van der Waals surface area contributed by atoms with Gasteiger partial charge in [-0.05, 0) is 34.1 Å². The van der Waals surface area contributed by atoms with Crippen LogP contribution in [0.1, 0.15) is 40.5 Å². The Morgan fingerprint density at radius 1 is 1.42 bits per heavy atom. The van der Waals surface area contributed by atoms with E-state index in [1.807, 2.05) is 27.7 Å². The zero-order valence-corrected chi connectivity index (χ0v) is 11.8. The number of nitrogens with zero attached hydrogens (tertiary/aromatic N) is 1. The number of hydroxylamine groups is 2. The van der Waals surface area contributed by atoms with Crippen molar-refractivity contribution in [1.29, 1.82) is 0 Å². The van der Waals surface area contributed by atoms with Crippen LogP contribution in [0.5, 0.6) is 0 Å². The highest BCUT2D eigenvalue weighted by Gasteiger charge is 2.55. The van der Waals surface area contributed by atoms with Crippen molar-refractivity contribution >= 4 is 11.9 Å². The van der Waals surface area contributed by atoms with Crippen LogP contribution in [0.25, 0.3) is 0 Å². The molecule has 2 fully saturated rings. The lowest BCUT2D eigenvalue weighted by molar-refractivity contribution is -0.200. The van der Waals surface area contributed by atoms with Crippen LogP contribution >= 0.6 is 0 Å². The highest BCUT2D eigenvalue weighted by molar-refractivity contribution is 5.77. The van der Waals surface area contributed by atoms with E-state index in [4.69, 9.17) is 9.47 Å². The average molecular weight is 271 g/mol. The minimum absolute atomic E-state index is 0.116. The van der Waals surface area contributed by atoms with E-state index in [9.17, 15) is 14.8 Å². The Bertz CT molecular complexity index is 404. The third kappa shape index (κ3) is 2.47. The third-order valence-electron chi connectivity index (χ3n) is 4.07. The first-order valence-electron chi connectivity index (χ1n) is 6.50. The molecule has 0 amide bonds. The van der Waals surface area contributed by atoms with Gasteiger partial charge in [0.05, 0.1) is 17.9 Å². The van der Waals surface area contributed by atoms with Crippen LogP contribution in [0.4, 0.5) is 0 Å². The SMILES string of the molecule is CC1(C)CC(C(=O)O[C@H]2COC(=O)C2)C(C)(C)N1O. The van der Waals surface area contributed by atoms with Gasteiger partial charge in [0.1, 0.15) is 12.7 Å². The Morgan fingerprint density at radius 3 is 2.47 bits per heavy atom. The summed E-state index contributed by atoms with van der Waals surface area (Å²) in [6, 6.07) is 0. The number of esters is 2. The molecule has 0 radical (unpaired) electrons. The molecule has 19 heavy (non-hydrogen) atoms. The predicted molar refractivity (Wildman–Crippen MR) is 65.3 cm³/mol. The fourth-order valence-electron chi connectivity index (χ4n) is 2.95. The van der Waals surface area contributed by atoms with Gasteiger partial charge in [0.2, 0.25) is 0 Å². The molecule has 6 heteroatoms. The van der Waals surface area contributed by atoms with Crippen molar-refractivity contribution in [2.24, 2.45) is 5.92 Å². The summed E-state index contributed by atoms with van der Waals surface area (Å²) in [5, 5.41) is 11.4. The molecule has 0 bridgehead atoms. The fourth-order valence-corrected chi connectivity index (χ4v) is 2.95. The first-order valence-corrected chi connectivity index (χ1v) is 6.50. The Hall–Kier alpha value is -1.14. The first kappa shape index (κ1) is 14.3. The topological polar surface area (TPSA) is 76.1 Å². The van der Waals surface area contributed by atoms with Crippen LogP contribution in [0.15, 0.2) is 0 Å². The summed E-state index contributed by atoms with van der Waals surface area (Å²) in [5.74, 6) is -1.14. The van der Waals surface area contributed by atoms with Gasteiger partial charge in [0, 0.05) is 5.54 Å². The Labute approximate surface area is 112 Å². The number of rotatable bonds is 2. The number of carbonyl (C=O) groups excluding carboxylic acids is 2. The molecular formula is C13H21NO5. The molecule has 2 aliphatic rings. The van der Waals surface area contributed by atoms with E-state index in [1.54, 1.807) is 0 Å². The molecule has 2 heterocycles. The van der Waals surface area contributed by atoms with Gasteiger partial charge in [-0.25, -0.2) is 0 Å². The lowest BCUT2D eigenvalue weighted by Gasteiger charge is -2.35. The molecule has 2 atom stereocenters.